The molecule has 13 rings (SSSR count). The molecule has 298 valence electrons. The minimum Gasteiger partial charge on any atom is -0.309 e. The minimum absolute atomic E-state index is 0.641. The number of aromatic nitrogens is 4. The second-order valence-corrected chi connectivity index (χ2v) is 16.6. The van der Waals surface area contributed by atoms with Gasteiger partial charge in [0.1, 0.15) is 0 Å². The Kier molecular flexibility index (Phi) is 8.18. The highest BCUT2D eigenvalue weighted by atomic mass is 15.2. The fourth-order valence-corrected chi connectivity index (χ4v) is 9.99. The largest absolute Gasteiger partial charge is 0.309 e. The summed E-state index contributed by atoms with van der Waals surface area (Å²) in [7, 11) is 0. The third kappa shape index (κ3) is 5.70. The van der Waals surface area contributed by atoms with Crippen LogP contribution in [0.3, 0.4) is 0 Å². The molecular weight excluding hydrogens is 777 g/mol. The average molecular weight is 815 g/mol. The van der Waals surface area contributed by atoms with E-state index in [2.05, 4.69) is 240 Å². The SMILES string of the molecule is c1ccc(-c2ccc(-c3nc(-n4c5ccc6ccccc6c5c5c6c7ccccc7n(-c7cc(-c8ccccc8)cc(-c8ccccc8)c7)c6ccc54)nc4ccccc34)cc2)cc1. The topological polar surface area (TPSA) is 35.6 Å². The molecule has 0 N–H and O–H groups in total. The van der Waals surface area contributed by atoms with Gasteiger partial charge in [-0.15, -0.1) is 0 Å². The molecule has 13 aromatic rings. The van der Waals surface area contributed by atoms with Crippen LogP contribution in [0.2, 0.25) is 0 Å². The number of rotatable bonds is 6. The van der Waals surface area contributed by atoms with Gasteiger partial charge in [-0.1, -0.05) is 182 Å². The van der Waals surface area contributed by atoms with Crippen LogP contribution in [0, 0.1) is 0 Å². The third-order valence-electron chi connectivity index (χ3n) is 12.9. The Morgan fingerprint density at radius 3 is 1.45 bits per heavy atom. The van der Waals surface area contributed by atoms with Crippen molar-refractivity contribution < 1.29 is 0 Å². The van der Waals surface area contributed by atoms with Crippen molar-refractivity contribution in [1.82, 2.24) is 19.1 Å². The lowest BCUT2D eigenvalue weighted by molar-refractivity contribution is 1.01. The zero-order chi connectivity index (χ0) is 42.1. The lowest BCUT2D eigenvalue weighted by atomic mass is 9.98. The van der Waals surface area contributed by atoms with Gasteiger partial charge in [0.25, 0.3) is 0 Å². The molecule has 64 heavy (non-hydrogen) atoms. The van der Waals surface area contributed by atoms with E-state index in [1.165, 1.54) is 65.7 Å². The summed E-state index contributed by atoms with van der Waals surface area (Å²) in [5.74, 6) is 0.641. The summed E-state index contributed by atoms with van der Waals surface area (Å²) in [6.45, 7) is 0. The van der Waals surface area contributed by atoms with Crippen molar-refractivity contribution in [3.05, 3.63) is 231 Å². The first kappa shape index (κ1) is 36.1. The van der Waals surface area contributed by atoms with Gasteiger partial charge in [-0.2, -0.15) is 0 Å². The molecule has 0 radical (unpaired) electrons. The molecule has 0 saturated carbocycles. The number of nitrogens with zero attached hydrogens (tertiary/aromatic N) is 4. The van der Waals surface area contributed by atoms with Crippen molar-refractivity contribution >= 4 is 65.3 Å². The Labute approximate surface area is 369 Å². The number of fused-ring (bicyclic) bond motifs is 10. The summed E-state index contributed by atoms with van der Waals surface area (Å²) >= 11 is 0. The lowest BCUT2D eigenvalue weighted by Crippen LogP contribution is -2.03. The summed E-state index contributed by atoms with van der Waals surface area (Å²) in [6.07, 6.45) is 0. The van der Waals surface area contributed by atoms with E-state index >= 15 is 0 Å². The minimum atomic E-state index is 0.641. The monoisotopic (exact) mass is 814 g/mol. The van der Waals surface area contributed by atoms with Crippen LogP contribution >= 0.6 is 0 Å². The fraction of sp³-hybridized carbons (Fsp3) is 0. The quantitative estimate of drug-likeness (QED) is 0.168. The maximum Gasteiger partial charge on any atom is 0.235 e. The van der Waals surface area contributed by atoms with E-state index in [9.17, 15) is 0 Å². The maximum atomic E-state index is 5.52. The molecule has 0 atom stereocenters. The van der Waals surface area contributed by atoms with E-state index in [1.54, 1.807) is 0 Å². The standard InChI is InChI=1S/C60H38N4/c1-4-16-39(17-5-1)42-28-30-44(31-29-42)59-49-24-12-14-26-51(49)61-60(62-59)64-54-33-32-43-22-10-11-23-48(43)56(54)58-55(64)35-34-53-57(58)50-25-13-15-27-52(50)63(53)47-37-45(40-18-6-2-7-19-40)36-46(38-47)41-20-8-3-9-21-41/h1-38H. The van der Waals surface area contributed by atoms with Crippen LogP contribution < -0.4 is 0 Å². The molecule has 0 saturated heterocycles. The second-order valence-electron chi connectivity index (χ2n) is 16.6. The first-order valence-corrected chi connectivity index (χ1v) is 21.8. The van der Waals surface area contributed by atoms with Gasteiger partial charge in [0.15, 0.2) is 0 Å². The zero-order valence-electron chi connectivity index (χ0n) is 34.7. The highest BCUT2D eigenvalue weighted by Crippen LogP contribution is 2.45. The molecular formula is C60H38N4. The molecule has 4 nitrogen and oxygen atoms in total. The van der Waals surface area contributed by atoms with Gasteiger partial charge in [0.2, 0.25) is 5.95 Å². The van der Waals surface area contributed by atoms with Crippen LogP contribution in [0.5, 0.6) is 0 Å². The molecule has 10 aromatic carbocycles. The molecule has 0 spiro atoms. The molecule has 0 aliphatic rings. The Bertz CT molecular complexity index is 3860. The molecule has 0 amide bonds. The molecule has 0 bridgehead atoms. The van der Waals surface area contributed by atoms with E-state index in [0.29, 0.717) is 5.95 Å². The van der Waals surface area contributed by atoms with E-state index < -0.39 is 0 Å². The first-order valence-electron chi connectivity index (χ1n) is 21.8. The lowest BCUT2D eigenvalue weighted by Gasteiger charge is -2.14. The number of hydrogen-bond acceptors (Lipinski definition) is 2. The zero-order valence-corrected chi connectivity index (χ0v) is 34.7. The van der Waals surface area contributed by atoms with Gasteiger partial charge in [0, 0.05) is 38.2 Å². The van der Waals surface area contributed by atoms with E-state index in [4.69, 9.17) is 9.97 Å². The van der Waals surface area contributed by atoms with Gasteiger partial charge in [-0.05, 0) is 92.7 Å². The number of hydrogen-bond donors (Lipinski definition) is 0. The summed E-state index contributed by atoms with van der Waals surface area (Å²) in [5.41, 5.74) is 15.4. The predicted molar refractivity (Wildman–Crippen MR) is 267 cm³/mol. The smallest absolute Gasteiger partial charge is 0.235 e. The molecule has 3 aromatic heterocycles. The van der Waals surface area contributed by atoms with Crippen molar-refractivity contribution in [2.24, 2.45) is 0 Å². The van der Waals surface area contributed by atoms with Crippen molar-refractivity contribution in [2.75, 3.05) is 0 Å². The van der Waals surface area contributed by atoms with Gasteiger partial charge < -0.3 is 4.57 Å². The van der Waals surface area contributed by atoms with Crippen molar-refractivity contribution in [1.29, 1.82) is 0 Å². The highest BCUT2D eigenvalue weighted by Gasteiger charge is 2.24. The number of benzene rings is 10. The Morgan fingerprint density at radius 1 is 0.281 bits per heavy atom. The van der Waals surface area contributed by atoms with Crippen molar-refractivity contribution in [3.63, 3.8) is 0 Å². The van der Waals surface area contributed by atoms with E-state index in [1.807, 2.05) is 0 Å². The Hall–Kier alpha value is -8.60. The van der Waals surface area contributed by atoms with Crippen LogP contribution in [0.15, 0.2) is 231 Å². The summed E-state index contributed by atoms with van der Waals surface area (Å²) in [4.78, 5) is 10.9. The van der Waals surface area contributed by atoms with Gasteiger partial charge in [-0.3, -0.25) is 4.57 Å². The summed E-state index contributed by atoms with van der Waals surface area (Å²) < 4.78 is 4.75. The maximum absolute atomic E-state index is 5.52. The molecule has 4 heteroatoms. The second kappa shape index (κ2) is 14.5. The van der Waals surface area contributed by atoms with Crippen LogP contribution in [0.1, 0.15) is 0 Å². The van der Waals surface area contributed by atoms with Crippen LogP contribution in [0.25, 0.3) is 122 Å². The van der Waals surface area contributed by atoms with Crippen molar-refractivity contribution in [3.8, 4) is 56.3 Å². The fourth-order valence-electron chi connectivity index (χ4n) is 9.99. The summed E-state index contributed by atoms with van der Waals surface area (Å²) in [6, 6.07) is 82.8. The molecule has 0 aliphatic heterocycles. The van der Waals surface area contributed by atoms with E-state index in [-0.39, 0.29) is 0 Å². The normalized spacial score (nSPS) is 11.8. The predicted octanol–water partition coefficient (Wildman–Crippen LogP) is 15.6. The molecule has 0 fully saturated rings. The van der Waals surface area contributed by atoms with Crippen LogP contribution in [-0.4, -0.2) is 19.1 Å². The molecule has 3 heterocycles. The molecule has 0 unspecified atom stereocenters. The van der Waals surface area contributed by atoms with Crippen molar-refractivity contribution in [2.45, 2.75) is 0 Å². The number of para-hydroxylation sites is 2. The highest BCUT2D eigenvalue weighted by molar-refractivity contribution is 6.33. The van der Waals surface area contributed by atoms with Gasteiger partial charge in [-0.25, -0.2) is 9.97 Å². The van der Waals surface area contributed by atoms with E-state index in [0.717, 1.165) is 49.9 Å². The summed E-state index contributed by atoms with van der Waals surface area (Å²) in [5, 5.41) is 8.18. The van der Waals surface area contributed by atoms with Gasteiger partial charge >= 0.3 is 0 Å². The average Bonchev–Trinajstić information content (AvgIpc) is 3.90. The van der Waals surface area contributed by atoms with Crippen LogP contribution in [-0.2, 0) is 0 Å². The Morgan fingerprint density at radius 2 is 0.766 bits per heavy atom. The first-order chi connectivity index (χ1) is 31.7. The van der Waals surface area contributed by atoms with Crippen LogP contribution in [0.4, 0.5) is 0 Å². The van der Waals surface area contributed by atoms with Gasteiger partial charge in [0.05, 0.1) is 33.3 Å². The molecule has 0 aliphatic carbocycles. The Balaban J connectivity index is 1.11. The third-order valence-corrected chi connectivity index (χ3v) is 12.9.